The molecule has 1 aliphatic rings. The van der Waals surface area contributed by atoms with Crippen molar-refractivity contribution in [2.75, 3.05) is 36.5 Å². The number of nitrogens with zero attached hydrogens (tertiary/aromatic N) is 2. The van der Waals surface area contributed by atoms with Gasteiger partial charge in [0.2, 0.25) is 5.91 Å². The SMILES string of the molecule is CN1C(=O)CCN(CCCN)c2ccccc21. The number of carbonyl (C=O) groups excluding carboxylic acids is 1. The molecule has 1 aromatic rings. The molecule has 1 aromatic carbocycles. The van der Waals surface area contributed by atoms with Gasteiger partial charge in [-0.3, -0.25) is 4.79 Å². The summed E-state index contributed by atoms with van der Waals surface area (Å²) in [4.78, 5) is 15.9. The molecule has 0 atom stereocenters. The Kier molecular flexibility index (Phi) is 3.64. The van der Waals surface area contributed by atoms with Crippen molar-refractivity contribution in [1.82, 2.24) is 0 Å². The summed E-state index contributed by atoms with van der Waals surface area (Å²) in [5.41, 5.74) is 7.68. The number of carbonyl (C=O) groups is 1. The molecule has 0 fully saturated rings. The van der Waals surface area contributed by atoms with E-state index in [0.717, 1.165) is 30.9 Å². The molecular weight excluding hydrogens is 214 g/mol. The molecule has 0 aliphatic carbocycles. The lowest BCUT2D eigenvalue weighted by Gasteiger charge is -2.25. The van der Waals surface area contributed by atoms with Crippen LogP contribution in [0.2, 0.25) is 0 Å². The Labute approximate surface area is 102 Å². The van der Waals surface area contributed by atoms with Crippen molar-refractivity contribution in [3.05, 3.63) is 24.3 Å². The van der Waals surface area contributed by atoms with Gasteiger partial charge in [0.05, 0.1) is 11.4 Å². The van der Waals surface area contributed by atoms with E-state index in [-0.39, 0.29) is 5.91 Å². The zero-order valence-electron chi connectivity index (χ0n) is 10.2. The van der Waals surface area contributed by atoms with Crippen molar-refractivity contribution in [1.29, 1.82) is 0 Å². The van der Waals surface area contributed by atoms with E-state index < -0.39 is 0 Å². The third-order valence-corrected chi connectivity index (χ3v) is 3.19. The molecule has 1 amide bonds. The third kappa shape index (κ3) is 2.42. The predicted molar refractivity (Wildman–Crippen MR) is 70.4 cm³/mol. The van der Waals surface area contributed by atoms with E-state index >= 15 is 0 Å². The van der Waals surface area contributed by atoms with Crippen LogP contribution >= 0.6 is 0 Å². The number of benzene rings is 1. The molecule has 0 bridgehead atoms. The highest BCUT2D eigenvalue weighted by atomic mass is 16.2. The highest BCUT2D eigenvalue weighted by Crippen LogP contribution is 2.31. The Balaban J connectivity index is 2.32. The maximum absolute atomic E-state index is 11.9. The van der Waals surface area contributed by atoms with Gasteiger partial charge in [0.15, 0.2) is 0 Å². The standard InChI is InChI=1S/C13H19N3O/c1-15-11-5-2-3-6-12(11)16(9-4-8-14)10-7-13(15)17/h2-3,5-6H,4,7-10,14H2,1H3. The lowest BCUT2D eigenvalue weighted by Crippen LogP contribution is -2.27. The quantitative estimate of drug-likeness (QED) is 0.853. The minimum absolute atomic E-state index is 0.174. The van der Waals surface area contributed by atoms with Crippen LogP contribution in [-0.4, -0.2) is 32.6 Å². The molecule has 0 radical (unpaired) electrons. The van der Waals surface area contributed by atoms with Gasteiger partial charge in [0.25, 0.3) is 0 Å². The second-order valence-electron chi connectivity index (χ2n) is 4.32. The molecule has 92 valence electrons. The second-order valence-corrected chi connectivity index (χ2v) is 4.32. The van der Waals surface area contributed by atoms with Crippen molar-refractivity contribution < 1.29 is 4.79 Å². The van der Waals surface area contributed by atoms with Crippen molar-refractivity contribution >= 4 is 17.3 Å². The van der Waals surface area contributed by atoms with Gasteiger partial charge in [-0.15, -0.1) is 0 Å². The van der Waals surface area contributed by atoms with Crippen LogP contribution in [0.3, 0.4) is 0 Å². The molecular formula is C13H19N3O. The van der Waals surface area contributed by atoms with Crippen LogP contribution in [0.1, 0.15) is 12.8 Å². The molecule has 4 nitrogen and oxygen atoms in total. The maximum Gasteiger partial charge on any atom is 0.228 e. The summed E-state index contributed by atoms with van der Waals surface area (Å²) in [6, 6.07) is 8.04. The first-order chi connectivity index (χ1) is 8.24. The smallest absolute Gasteiger partial charge is 0.228 e. The van der Waals surface area contributed by atoms with Gasteiger partial charge in [-0.05, 0) is 25.1 Å². The zero-order chi connectivity index (χ0) is 12.3. The van der Waals surface area contributed by atoms with Crippen LogP contribution in [0.15, 0.2) is 24.3 Å². The number of rotatable bonds is 3. The normalized spacial score (nSPS) is 15.8. The monoisotopic (exact) mass is 233 g/mol. The Morgan fingerprint density at radius 3 is 2.71 bits per heavy atom. The number of para-hydroxylation sites is 2. The lowest BCUT2D eigenvalue weighted by molar-refractivity contribution is -0.118. The van der Waals surface area contributed by atoms with Gasteiger partial charge in [-0.2, -0.15) is 0 Å². The minimum atomic E-state index is 0.174. The molecule has 0 spiro atoms. The minimum Gasteiger partial charge on any atom is -0.369 e. The average molecular weight is 233 g/mol. The summed E-state index contributed by atoms with van der Waals surface area (Å²) in [5, 5.41) is 0. The first kappa shape index (κ1) is 11.9. The lowest BCUT2D eigenvalue weighted by atomic mass is 10.2. The fourth-order valence-electron chi connectivity index (χ4n) is 2.18. The molecule has 1 aliphatic heterocycles. The number of amides is 1. The van der Waals surface area contributed by atoms with E-state index in [1.807, 2.05) is 25.2 Å². The first-order valence-corrected chi connectivity index (χ1v) is 6.04. The largest absolute Gasteiger partial charge is 0.369 e. The fraction of sp³-hybridized carbons (Fsp3) is 0.462. The molecule has 0 saturated carbocycles. The van der Waals surface area contributed by atoms with E-state index in [9.17, 15) is 4.79 Å². The van der Waals surface area contributed by atoms with E-state index in [4.69, 9.17) is 5.73 Å². The summed E-state index contributed by atoms with van der Waals surface area (Å²) in [5.74, 6) is 0.174. The molecule has 2 N–H and O–H groups in total. The zero-order valence-corrected chi connectivity index (χ0v) is 10.2. The van der Waals surface area contributed by atoms with Crippen LogP contribution in [0.5, 0.6) is 0 Å². The molecule has 2 rings (SSSR count). The van der Waals surface area contributed by atoms with E-state index in [0.29, 0.717) is 13.0 Å². The van der Waals surface area contributed by atoms with Gasteiger partial charge in [0, 0.05) is 26.6 Å². The molecule has 1 heterocycles. The van der Waals surface area contributed by atoms with Crippen molar-refractivity contribution in [2.45, 2.75) is 12.8 Å². The van der Waals surface area contributed by atoms with Crippen LogP contribution in [-0.2, 0) is 4.79 Å². The summed E-state index contributed by atoms with van der Waals surface area (Å²) in [6.07, 6.45) is 1.52. The number of anilines is 2. The Hall–Kier alpha value is -1.55. The summed E-state index contributed by atoms with van der Waals surface area (Å²) < 4.78 is 0. The Morgan fingerprint density at radius 2 is 2.00 bits per heavy atom. The maximum atomic E-state index is 11.9. The van der Waals surface area contributed by atoms with Crippen LogP contribution in [0.4, 0.5) is 11.4 Å². The van der Waals surface area contributed by atoms with E-state index in [1.54, 1.807) is 4.90 Å². The molecule has 0 saturated heterocycles. The Morgan fingerprint density at radius 1 is 1.29 bits per heavy atom. The number of nitrogens with two attached hydrogens (primary N) is 1. The Bertz CT molecular complexity index is 405. The summed E-state index contributed by atoms with van der Waals surface area (Å²) in [7, 11) is 1.84. The highest BCUT2D eigenvalue weighted by Gasteiger charge is 2.22. The van der Waals surface area contributed by atoms with Crippen molar-refractivity contribution in [3.8, 4) is 0 Å². The van der Waals surface area contributed by atoms with Gasteiger partial charge < -0.3 is 15.5 Å². The summed E-state index contributed by atoms with van der Waals surface area (Å²) >= 11 is 0. The fourth-order valence-corrected chi connectivity index (χ4v) is 2.18. The number of hydrogen-bond donors (Lipinski definition) is 1. The van der Waals surface area contributed by atoms with Crippen molar-refractivity contribution in [3.63, 3.8) is 0 Å². The molecule has 0 unspecified atom stereocenters. The molecule has 17 heavy (non-hydrogen) atoms. The second kappa shape index (κ2) is 5.19. The molecule has 4 heteroatoms. The molecule has 0 aromatic heterocycles. The van der Waals surface area contributed by atoms with Crippen molar-refractivity contribution in [2.24, 2.45) is 5.73 Å². The highest BCUT2D eigenvalue weighted by molar-refractivity contribution is 5.98. The van der Waals surface area contributed by atoms with Gasteiger partial charge >= 0.3 is 0 Å². The van der Waals surface area contributed by atoms with Gasteiger partial charge in [0.1, 0.15) is 0 Å². The third-order valence-electron chi connectivity index (χ3n) is 3.19. The van der Waals surface area contributed by atoms with Gasteiger partial charge in [-0.25, -0.2) is 0 Å². The number of hydrogen-bond acceptors (Lipinski definition) is 3. The van der Waals surface area contributed by atoms with E-state index in [1.165, 1.54) is 0 Å². The topological polar surface area (TPSA) is 49.6 Å². The predicted octanol–water partition coefficient (Wildman–Crippen LogP) is 1.21. The van der Waals surface area contributed by atoms with Crippen LogP contribution < -0.4 is 15.5 Å². The average Bonchev–Trinajstić information content (AvgIpc) is 2.48. The summed E-state index contributed by atoms with van der Waals surface area (Å²) in [6.45, 7) is 2.37. The van der Waals surface area contributed by atoms with Crippen LogP contribution in [0, 0.1) is 0 Å². The first-order valence-electron chi connectivity index (χ1n) is 6.04. The van der Waals surface area contributed by atoms with Gasteiger partial charge in [-0.1, -0.05) is 12.1 Å². The van der Waals surface area contributed by atoms with E-state index in [2.05, 4.69) is 11.0 Å². The number of fused-ring (bicyclic) bond motifs is 1. The van der Waals surface area contributed by atoms with Crippen LogP contribution in [0.25, 0.3) is 0 Å².